The molecule has 2 nitrogen and oxygen atoms in total. The van der Waals surface area contributed by atoms with E-state index in [2.05, 4.69) is 15.9 Å². The Morgan fingerprint density at radius 3 is 2.62 bits per heavy atom. The summed E-state index contributed by atoms with van der Waals surface area (Å²) in [5.74, 6) is -0.0915. The van der Waals surface area contributed by atoms with Crippen molar-refractivity contribution in [2.24, 2.45) is 0 Å². The van der Waals surface area contributed by atoms with Crippen LogP contribution in [0.3, 0.4) is 0 Å². The van der Waals surface area contributed by atoms with Gasteiger partial charge in [-0.05, 0) is 35.0 Å². The molecule has 4 heteroatoms. The van der Waals surface area contributed by atoms with E-state index in [1.54, 1.807) is 6.07 Å². The molecule has 1 aromatic carbocycles. The molecule has 0 fully saturated rings. The first-order chi connectivity index (χ1) is 6.07. The van der Waals surface area contributed by atoms with Crippen LogP contribution >= 0.6 is 27.5 Å². The number of benzene rings is 1. The van der Waals surface area contributed by atoms with Crippen molar-refractivity contribution in [3.63, 3.8) is 0 Å². The van der Waals surface area contributed by atoms with Gasteiger partial charge in [0.25, 0.3) is 0 Å². The van der Waals surface area contributed by atoms with Crippen LogP contribution in [-0.4, -0.2) is 12.1 Å². The number of carbonyl (C=O) groups is 2. The Hall–Kier alpha value is -0.670. The van der Waals surface area contributed by atoms with Crippen LogP contribution in [0.1, 0.15) is 27.6 Å². The molecule has 0 aromatic heterocycles. The van der Waals surface area contributed by atoms with Crippen LogP contribution in [0.2, 0.25) is 5.02 Å². The summed E-state index contributed by atoms with van der Waals surface area (Å²) < 4.78 is 0.478. The molecule has 0 spiro atoms. The van der Waals surface area contributed by atoms with Gasteiger partial charge in [0, 0.05) is 15.6 Å². The minimum Gasteiger partial charge on any atom is -0.298 e. The van der Waals surface area contributed by atoms with Crippen molar-refractivity contribution >= 4 is 39.6 Å². The molecule has 1 rings (SSSR count). The smallest absolute Gasteiger partial charge is 0.160 e. The molecule has 0 bridgehead atoms. The average Bonchev–Trinajstić information content (AvgIpc) is 2.09. The average molecular weight is 262 g/mol. The Kier molecular flexibility index (Phi) is 3.22. The molecule has 0 aliphatic rings. The SMILES string of the molecule is CC(=O)c1ccc(C=O)c(Cl)c1Br. The molecule has 0 unspecified atom stereocenters. The van der Waals surface area contributed by atoms with Gasteiger partial charge in [-0.1, -0.05) is 11.6 Å². The van der Waals surface area contributed by atoms with Gasteiger partial charge in [0.2, 0.25) is 0 Å². The highest BCUT2D eigenvalue weighted by atomic mass is 79.9. The number of ketones is 1. The summed E-state index contributed by atoms with van der Waals surface area (Å²) in [7, 11) is 0. The maximum absolute atomic E-state index is 11.0. The van der Waals surface area contributed by atoms with Gasteiger partial charge in [0.15, 0.2) is 12.1 Å². The zero-order chi connectivity index (χ0) is 10.0. The summed E-state index contributed by atoms with van der Waals surface area (Å²) >= 11 is 8.97. The topological polar surface area (TPSA) is 34.1 Å². The molecule has 0 N–H and O–H groups in total. The van der Waals surface area contributed by atoms with Gasteiger partial charge < -0.3 is 0 Å². The van der Waals surface area contributed by atoms with Gasteiger partial charge in [0.1, 0.15) is 0 Å². The van der Waals surface area contributed by atoms with Gasteiger partial charge in [-0.15, -0.1) is 0 Å². The number of hydrogen-bond donors (Lipinski definition) is 0. The Labute approximate surface area is 89.0 Å². The monoisotopic (exact) mass is 260 g/mol. The summed E-state index contributed by atoms with van der Waals surface area (Å²) in [5.41, 5.74) is 0.856. The second-order valence-electron chi connectivity index (χ2n) is 2.50. The quantitative estimate of drug-likeness (QED) is 0.605. The predicted octanol–water partition coefficient (Wildman–Crippen LogP) is 3.12. The summed E-state index contributed by atoms with van der Waals surface area (Å²) in [6.45, 7) is 1.44. The lowest BCUT2D eigenvalue weighted by atomic mass is 10.1. The van der Waals surface area contributed by atoms with E-state index in [-0.39, 0.29) is 10.8 Å². The number of carbonyl (C=O) groups excluding carboxylic acids is 2. The first-order valence-corrected chi connectivity index (χ1v) is 4.69. The fourth-order valence-electron chi connectivity index (χ4n) is 0.927. The Bertz CT molecular complexity index is 374. The summed E-state index contributed by atoms with van der Waals surface area (Å²) in [4.78, 5) is 21.5. The first-order valence-electron chi connectivity index (χ1n) is 3.52. The van der Waals surface area contributed by atoms with Gasteiger partial charge in [-0.3, -0.25) is 9.59 Å². The highest BCUT2D eigenvalue weighted by molar-refractivity contribution is 9.10. The van der Waals surface area contributed by atoms with Crippen LogP contribution in [0.25, 0.3) is 0 Å². The minimum atomic E-state index is -0.0915. The molecule has 0 atom stereocenters. The molecule has 68 valence electrons. The molecular formula is C9H6BrClO2. The fraction of sp³-hybridized carbons (Fsp3) is 0.111. The number of hydrogen-bond acceptors (Lipinski definition) is 2. The van der Waals surface area contributed by atoms with E-state index in [9.17, 15) is 9.59 Å². The van der Waals surface area contributed by atoms with Crippen LogP contribution in [0.4, 0.5) is 0 Å². The van der Waals surface area contributed by atoms with E-state index in [0.717, 1.165) is 0 Å². The highest BCUT2D eigenvalue weighted by Crippen LogP contribution is 2.29. The molecular weight excluding hydrogens is 255 g/mol. The van der Waals surface area contributed by atoms with Crippen LogP contribution < -0.4 is 0 Å². The second-order valence-corrected chi connectivity index (χ2v) is 3.68. The van der Waals surface area contributed by atoms with Crippen LogP contribution in [0.5, 0.6) is 0 Å². The lowest BCUT2D eigenvalue weighted by molar-refractivity contribution is 0.101. The standard InChI is InChI=1S/C9H6BrClO2/c1-5(13)7-3-2-6(4-12)9(11)8(7)10/h2-4H,1H3. The van der Waals surface area contributed by atoms with Crippen molar-refractivity contribution < 1.29 is 9.59 Å². The third-order valence-electron chi connectivity index (χ3n) is 1.62. The van der Waals surface area contributed by atoms with E-state index < -0.39 is 0 Å². The first kappa shape index (κ1) is 10.4. The molecule has 13 heavy (non-hydrogen) atoms. The summed E-state index contributed by atoms with van der Waals surface area (Å²) in [5, 5.41) is 0.280. The maximum Gasteiger partial charge on any atom is 0.160 e. The zero-order valence-electron chi connectivity index (χ0n) is 6.80. The molecule has 0 saturated carbocycles. The van der Waals surface area contributed by atoms with E-state index in [1.165, 1.54) is 13.0 Å². The van der Waals surface area contributed by atoms with Gasteiger partial charge in [-0.2, -0.15) is 0 Å². The van der Waals surface area contributed by atoms with E-state index in [1.807, 2.05) is 0 Å². The molecule has 1 aromatic rings. The number of halogens is 2. The lowest BCUT2D eigenvalue weighted by Gasteiger charge is -2.03. The van der Waals surface area contributed by atoms with Crippen molar-refractivity contribution in [1.82, 2.24) is 0 Å². The van der Waals surface area contributed by atoms with Gasteiger partial charge in [-0.25, -0.2) is 0 Å². The van der Waals surface area contributed by atoms with Crippen molar-refractivity contribution in [3.8, 4) is 0 Å². The largest absolute Gasteiger partial charge is 0.298 e. The molecule has 0 heterocycles. The Morgan fingerprint density at radius 2 is 2.15 bits per heavy atom. The van der Waals surface area contributed by atoms with Gasteiger partial charge >= 0.3 is 0 Å². The van der Waals surface area contributed by atoms with Crippen LogP contribution in [-0.2, 0) is 0 Å². The zero-order valence-corrected chi connectivity index (χ0v) is 9.15. The third kappa shape index (κ3) is 1.98. The number of aldehydes is 1. The van der Waals surface area contributed by atoms with Gasteiger partial charge in [0.05, 0.1) is 5.02 Å². The number of rotatable bonds is 2. The lowest BCUT2D eigenvalue weighted by Crippen LogP contribution is -1.96. The van der Waals surface area contributed by atoms with E-state index in [4.69, 9.17) is 11.6 Å². The van der Waals surface area contributed by atoms with E-state index in [0.29, 0.717) is 21.9 Å². The molecule has 0 radical (unpaired) electrons. The van der Waals surface area contributed by atoms with Crippen molar-refractivity contribution in [2.75, 3.05) is 0 Å². The fourth-order valence-corrected chi connectivity index (χ4v) is 1.78. The Morgan fingerprint density at radius 1 is 1.54 bits per heavy atom. The molecule has 0 aliphatic carbocycles. The third-order valence-corrected chi connectivity index (χ3v) is 3.08. The maximum atomic E-state index is 11.0. The highest BCUT2D eigenvalue weighted by Gasteiger charge is 2.11. The summed E-state index contributed by atoms with van der Waals surface area (Å²) in [6, 6.07) is 3.10. The van der Waals surface area contributed by atoms with Crippen molar-refractivity contribution in [3.05, 3.63) is 32.8 Å². The second kappa shape index (κ2) is 4.03. The van der Waals surface area contributed by atoms with Crippen LogP contribution in [0.15, 0.2) is 16.6 Å². The predicted molar refractivity (Wildman–Crippen MR) is 54.5 cm³/mol. The Balaban J connectivity index is 3.39. The number of Topliss-reactive ketones (excluding diaryl/α,β-unsaturated/α-hetero) is 1. The molecule has 0 amide bonds. The van der Waals surface area contributed by atoms with Crippen molar-refractivity contribution in [2.45, 2.75) is 6.92 Å². The summed E-state index contributed by atoms with van der Waals surface area (Å²) in [6.07, 6.45) is 0.650. The molecule has 0 saturated heterocycles. The van der Waals surface area contributed by atoms with E-state index >= 15 is 0 Å². The minimum absolute atomic E-state index is 0.0915. The molecule has 0 aliphatic heterocycles. The normalized spacial score (nSPS) is 9.77. The van der Waals surface area contributed by atoms with Crippen molar-refractivity contribution in [1.29, 1.82) is 0 Å². The van der Waals surface area contributed by atoms with Crippen LogP contribution in [0, 0.1) is 0 Å².